The van der Waals surface area contributed by atoms with Crippen molar-refractivity contribution in [1.29, 1.82) is 0 Å². The lowest BCUT2D eigenvalue weighted by molar-refractivity contribution is -0.123. The van der Waals surface area contributed by atoms with Crippen LogP contribution in [0.25, 0.3) is 0 Å². The van der Waals surface area contributed by atoms with Crippen molar-refractivity contribution >= 4 is 5.91 Å². The predicted octanol–water partition coefficient (Wildman–Crippen LogP) is 2.33. The number of carbonyl (C=O) groups excluding carboxylic acids is 1. The topological polar surface area (TPSA) is 20.3 Å². The molecule has 2 nitrogen and oxygen atoms in total. The molecule has 0 aliphatic carbocycles. The summed E-state index contributed by atoms with van der Waals surface area (Å²) in [4.78, 5) is 13.0. The number of amides is 1. The van der Waals surface area contributed by atoms with Crippen molar-refractivity contribution in [3.05, 3.63) is 24.4 Å². The molecule has 0 radical (unpaired) electrons. The minimum absolute atomic E-state index is 0.0460. The molecule has 2 heteroatoms. The molecule has 0 heterocycles. The van der Waals surface area contributed by atoms with Crippen molar-refractivity contribution in [3.63, 3.8) is 0 Å². The average molecular weight is 167 g/mol. The van der Waals surface area contributed by atoms with Crippen molar-refractivity contribution in [3.8, 4) is 0 Å². The van der Waals surface area contributed by atoms with Crippen LogP contribution in [-0.2, 0) is 4.79 Å². The Bertz CT molecular complexity index is 182. The highest BCUT2D eigenvalue weighted by atomic mass is 16.2. The Balaban J connectivity index is 4.14. The summed E-state index contributed by atoms with van der Waals surface area (Å²) in [6.45, 7) is 6.57. The van der Waals surface area contributed by atoms with Crippen LogP contribution in [-0.4, -0.2) is 17.4 Å². The summed E-state index contributed by atoms with van der Waals surface area (Å²) >= 11 is 0. The predicted molar refractivity (Wildman–Crippen MR) is 51.6 cm³/mol. The highest BCUT2D eigenvalue weighted by molar-refractivity contribution is 5.88. The number of likely N-dealkylation sites (N-methyl/N-ethyl adjacent to an activating group) is 1. The lowest BCUT2D eigenvalue weighted by Gasteiger charge is -2.12. The number of carbonyl (C=O) groups is 1. The second-order valence-electron chi connectivity index (χ2n) is 2.42. The van der Waals surface area contributed by atoms with Crippen LogP contribution in [0, 0.1) is 0 Å². The van der Waals surface area contributed by atoms with Crippen molar-refractivity contribution in [1.82, 2.24) is 4.90 Å². The van der Waals surface area contributed by atoms with Gasteiger partial charge in [-0.15, -0.1) is 0 Å². The zero-order chi connectivity index (χ0) is 9.40. The van der Waals surface area contributed by atoms with E-state index in [0.29, 0.717) is 0 Å². The Kier molecular flexibility index (Phi) is 6.07. The van der Waals surface area contributed by atoms with Crippen LogP contribution in [0.15, 0.2) is 24.4 Å². The zero-order valence-corrected chi connectivity index (χ0v) is 8.08. The molecule has 68 valence electrons. The number of allylic oxidation sites excluding steroid dienone is 2. The van der Waals surface area contributed by atoms with E-state index < -0.39 is 0 Å². The highest BCUT2D eigenvalue weighted by Gasteiger charge is 2.01. The Hall–Kier alpha value is -1.05. The molecule has 0 atom stereocenters. The van der Waals surface area contributed by atoms with Crippen molar-refractivity contribution < 1.29 is 4.79 Å². The van der Waals surface area contributed by atoms with Gasteiger partial charge >= 0.3 is 0 Å². The first-order valence-corrected chi connectivity index (χ1v) is 4.36. The molecule has 0 saturated heterocycles. The molecular formula is C10H17NO. The summed E-state index contributed by atoms with van der Waals surface area (Å²) in [5, 5.41) is 0. The fourth-order valence-electron chi connectivity index (χ4n) is 0.806. The maximum absolute atomic E-state index is 11.3. The van der Waals surface area contributed by atoms with Gasteiger partial charge in [0.1, 0.15) is 0 Å². The summed E-state index contributed by atoms with van der Waals surface area (Å²) in [7, 11) is 0. The SMILES string of the molecule is C/C=C\C(=O)N(/C=C/CC)CC. The minimum Gasteiger partial charge on any atom is -0.316 e. The molecule has 0 aromatic carbocycles. The molecule has 12 heavy (non-hydrogen) atoms. The van der Waals surface area contributed by atoms with Crippen molar-refractivity contribution in [2.45, 2.75) is 27.2 Å². The summed E-state index contributed by atoms with van der Waals surface area (Å²) in [6.07, 6.45) is 8.10. The monoisotopic (exact) mass is 167 g/mol. The third-order valence-electron chi connectivity index (χ3n) is 1.45. The van der Waals surface area contributed by atoms with Gasteiger partial charge in [0.25, 0.3) is 0 Å². The van der Waals surface area contributed by atoms with E-state index in [1.807, 2.05) is 33.0 Å². The Morgan fingerprint density at radius 2 is 2.08 bits per heavy atom. The van der Waals surface area contributed by atoms with Crippen molar-refractivity contribution in [2.75, 3.05) is 6.54 Å². The van der Waals surface area contributed by atoms with E-state index in [0.717, 1.165) is 13.0 Å². The third-order valence-corrected chi connectivity index (χ3v) is 1.45. The normalized spacial score (nSPS) is 11.2. The molecule has 0 N–H and O–H groups in total. The van der Waals surface area contributed by atoms with Crippen LogP contribution in [0.1, 0.15) is 27.2 Å². The molecule has 0 spiro atoms. The van der Waals surface area contributed by atoms with Gasteiger partial charge in [0.15, 0.2) is 0 Å². The minimum atomic E-state index is 0.0460. The molecule has 0 aromatic heterocycles. The van der Waals surface area contributed by atoms with E-state index in [9.17, 15) is 4.79 Å². The first kappa shape index (κ1) is 11.0. The van der Waals surface area contributed by atoms with Crippen LogP contribution in [0.2, 0.25) is 0 Å². The lowest BCUT2D eigenvalue weighted by atomic mass is 10.4. The van der Waals surface area contributed by atoms with E-state index in [-0.39, 0.29) is 5.91 Å². The largest absolute Gasteiger partial charge is 0.316 e. The van der Waals surface area contributed by atoms with Gasteiger partial charge in [-0.25, -0.2) is 0 Å². The smallest absolute Gasteiger partial charge is 0.250 e. The van der Waals surface area contributed by atoms with Crippen LogP contribution < -0.4 is 0 Å². The summed E-state index contributed by atoms with van der Waals surface area (Å²) in [5.74, 6) is 0.0460. The van der Waals surface area contributed by atoms with E-state index in [1.165, 1.54) is 0 Å². The van der Waals surface area contributed by atoms with Gasteiger partial charge in [-0.2, -0.15) is 0 Å². The molecule has 0 bridgehead atoms. The van der Waals surface area contributed by atoms with Crippen molar-refractivity contribution in [2.24, 2.45) is 0 Å². The molecule has 0 saturated carbocycles. The summed E-state index contributed by atoms with van der Waals surface area (Å²) in [5.41, 5.74) is 0. The van der Waals surface area contributed by atoms with E-state index in [2.05, 4.69) is 0 Å². The van der Waals surface area contributed by atoms with Gasteiger partial charge in [0.05, 0.1) is 0 Å². The second-order valence-corrected chi connectivity index (χ2v) is 2.42. The summed E-state index contributed by atoms with van der Waals surface area (Å²) in [6, 6.07) is 0. The van der Waals surface area contributed by atoms with Crippen LogP contribution in [0.3, 0.4) is 0 Å². The van der Waals surface area contributed by atoms with Gasteiger partial charge in [0, 0.05) is 12.7 Å². The fraction of sp³-hybridized carbons (Fsp3) is 0.500. The Labute approximate surface area is 74.6 Å². The van der Waals surface area contributed by atoms with Gasteiger partial charge in [-0.05, 0) is 26.3 Å². The second kappa shape index (κ2) is 6.65. The molecule has 0 fully saturated rings. The maximum atomic E-state index is 11.3. The molecule has 0 unspecified atom stereocenters. The van der Waals surface area contributed by atoms with Crippen LogP contribution in [0.5, 0.6) is 0 Å². The van der Waals surface area contributed by atoms with Gasteiger partial charge in [0.2, 0.25) is 5.91 Å². The Morgan fingerprint density at radius 3 is 2.50 bits per heavy atom. The van der Waals surface area contributed by atoms with Gasteiger partial charge in [-0.3, -0.25) is 4.79 Å². The lowest BCUT2D eigenvalue weighted by Crippen LogP contribution is -2.22. The molecule has 0 aromatic rings. The van der Waals surface area contributed by atoms with E-state index >= 15 is 0 Å². The molecule has 0 aliphatic heterocycles. The quantitative estimate of drug-likeness (QED) is 0.588. The third kappa shape index (κ3) is 3.96. The Morgan fingerprint density at radius 1 is 1.42 bits per heavy atom. The number of hydrogen-bond donors (Lipinski definition) is 0. The standard InChI is InChI=1S/C10H17NO/c1-4-7-9-11(6-3)10(12)8-5-2/h5,7-9H,4,6H2,1-3H3/b8-5-,9-7+. The molecule has 0 aliphatic rings. The number of hydrogen-bond acceptors (Lipinski definition) is 1. The van der Waals surface area contributed by atoms with Gasteiger partial charge < -0.3 is 4.90 Å². The van der Waals surface area contributed by atoms with E-state index in [1.54, 1.807) is 17.1 Å². The number of rotatable bonds is 4. The first-order valence-electron chi connectivity index (χ1n) is 4.36. The molecule has 0 rings (SSSR count). The average Bonchev–Trinajstić information content (AvgIpc) is 2.06. The fourth-order valence-corrected chi connectivity index (χ4v) is 0.806. The highest BCUT2D eigenvalue weighted by Crippen LogP contribution is 1.94. The van der Waals surface area contributed by atoms with Gasteiger partial charge in [-0.1, -0.05) is 19.1 Å². The van der Waals surface area contributed by atoms with Crippen LogP contribution >= 0.6 is 0 Å². The van der Waals surface area contributed by atoms with Crippen LogP contribution in [0.4, 0.5) is 0 Å². The molecule has 1 amide bonds. The maximum Gasteiger partial charge on any atom is 0.250 e. The number of nitrogens with zero attached hydrogens (tertiary/aromatic N) is 1. The molecular weight excluding hydrogens is 150 g/mol. The summed E-state index contributed by atoms with van der Waals surface area (Å²) < 4.78 is 0. The first-order chi connectivity index (χ1) is 5.76. The van der Waals surface area contributed by atoms with E-state index in [4.69, 9.17) is 0 Å². The zero-order valence-electron chi connectivity index (χ0n) is 8.08.